The molecule has 1 aliphatic carbocycles. The van der Waals surface area contributed by atoms with Crippen LogP contribution < -0.4 is 5.32 Å². The number of carbonyl (C=O) groups excluding carboxylic acids is 1. The summed E-state index contributed by atoms with van der Waals surface area (Å²) in [6, 6.07) is -0.291. The number of aromatic nitrogens is 3. The number of carboxylic acid groups (broad SMARTS) is 1. The Bertz CT molecular complexity index is 556. The predicted molar refractivity (Wildman–Crippen MR) is 71.2 cm³/mol. The molecule has 0 aliphatic heterocycles. The minimum atomic E-state index is -0.883. The van der Waals surface area contributed by atoms with Gasteiger partial charge in [0.25, 0.3) is 5.91 Å². The highest BCUT2D eigenvalue weighted by Gasteiger charge is 2.27. The number of carbonyl (C=O) groups is 2. The maximum absolute atomic E-state index is 12.0. The van der Waals surface area contributed by atoms with E-state index in [-0.39, 0.29) is 17.3 Å². The first-order valence-corrected chi connectivity index (χ1v) is 6.42. The van der Waals surface area contributed by atoms with Crippen molar-refractivity contribution in [3.05, 3.63) is 23.8 Å². The second-order valence-electron chi connectivity index (χ2n) is 5.90. The van der Waals surface area contributed by atoms with Gasteiger partial charge < -0.3 is 10.4 Å². The number of hydrogen-bond donors (Lipinski definition) is 3. The van der Waals surface area contributed by atoms with Gasteiger partial charge in [-0.15, -0.1) is 5.10 Å². The summed E-state index contributed by atoms with van der Waals surface area (Å²) in [6.45, 7) is 5.89. The summed E-state index contributed by atoms with van der Waals surface area (Å²) in [5.41, 5.74) is -0.215. The number of H-pyrrole nitrogens is 1. The number of rotatable bonds is 3. The van der Waals surface area contributed by atoms with E-state index < -0.39 is 17.8 Å². The zero-order valence-corrected chi connectivity index (χ0v) is 11.7. The van der Waals surface area contributed by atoms with Crippen LogP contribution in [0.1, 0.15) is 43.6 Å². The summed E-state index contributed by atoms with van der Waals surface area (Å²) in [7, 11) is 0. The largest absolute Gasteiger partial charge is 0.481 e. The van der Waals surface area contributed by atoms with Crippen LogP contribution >= 0.6 is 0 Å². The number of aromatic amines is 1. The SMILES string of the molecule is CC(C)(C)c1nc(C(=O)NC2C=CC(C(=O)O)C2)n[nH]1. The van der Waals surface area contributed by atoms with Crippen molar-refractivity contribution in [2.75, 3.05) is 0 Å². The molecule has 0 radical (unpaired) electrons. The molecule has 0 spiro atoms. The van der Waals surface area contributed by atoms with Gasteiger partial charge in [0.1, 0.15) is 5.82 Å². The zero-order valence-electron chi connectivity index (χ0n) is 11.7. The quantitative estimate of drug-likeness (QED) is 0.711. The molecule has 0 saturated carbocycles. The third-order valence-electron chi connectivity index (χ3n) is 3.12. The molecule has 2 unspecified atom stereocenters. The molecular weight excluding hydrogens is 260 g/mol. The highest BCUT2D eigenvalue weighted by atomic mass is 16.4. The molecule has 2 rings (SSSR count). The molecule has 7 nitrogen and oxygen atoms in total. The van der Waals surface area contributed by atoms with Crippen molar-refractivity contribution in [3.8, 4) is 0 Å². The van der Waals surface area contributed by atoms with Gasteiger partial charge in [0.15, 0.2) is 0 Å². The van der Waals surface area contributed by atoms with Gasteiger partial charge in [0, 0.05) is 11.5 Å². The monoisotopic (exact) mass is 278 g/mol. The van der Waals surface area contributed by atoms with Gasteiger partial charge in [-0.3, -0.25) is 14.7 Å². The van der Waals surface area contributed by atoms with Gasteiger partial charge in [-0.2, -0.15) is 0 Å². The van der Waals surface area contributed by atoms with Gasteiger partial charge >= 0.3 is 5.97 Å². The fraction of sp³-hybridized carbons (Fsp3) is 0.538. The Balaban J connectivity index is 1.98. The van der Waals surface area contributed by atoms with Crippen LogP contribution in [0.4, 0.5) is 0 Å². The van der Waals surface area contributed by atoms with Gasteiger partial charge in [0.05, 0.1) is 5.92 Å². The summed E-state index contributed by atoms with van der Waals surface area (Å²) >= 11 is 0. The van der Waals surface area contributed by atoms with E-state index in [0.29, 0.717) is 12.2 Å². The number of nitrogens with one attached hydrogen (secondary N) is 2. The minimum absolute atomic E-state index is 0.0714. The van der Waals surface area contributed by atoms with E-state index >= 15 is 0 Å². The Labute approximate surface area is 116 Å². The van der Waals surface area contributed by atoms with E-state index in [2.05, 4.69) is 20.5 Å². The lowest BCUT2D eigenvalue weighted by atomic mass is 9.96. The maximum Gasteiger partial charge on any atom is 0.310 e. The van der Waals surface area contributed by atoms with Crippen molar-refractivity contribution in [1.82, 2.24) is 20.5 Å². The van der Waals surface area contributed by atoms with E-state index in [4.69, 9.17) is 5.11 Å². The topological polar surface area (TPSA) is 108 Å². The fourth-order valence-corrected chi connectivity index (χ4v) is 1.92. The Morgan fingerprint density at radius 1 is 1.40 bits per heavy atom. The van der Waals surface area contributed by atoms with E-state index in [1.807, 2.05) is 20.8 Å². The van der Waals surface area contributed by atoms with Gasteiger partial charge in [0.2, 0.25) is 5.82 Å². The second-order valence-corrected chi connectivity index (χ2v) is 5.90. The first-order valence-electron chi connectivity index (χ1n) is 6.42. The highest BCUT2D eigenvalue weighted by molar-refractivity contribution is 5.90. The number of carboxylic acids is 1. The summed E-state index contributed by atoms with van der Waals surface area (Å²) in [5.74, 6) is -1.13. The van der Waals surface area contributed by atoms with Crippen LogP contribution in [0.2, 0.25) is 0 Å². The summed E-state index contributed by atoms with van der Waals surface area (Å²) in [6.07, 6.45) is 3.64. The van der Waals surface area contributed by atoms with Crippen molar-refractivity contribution in [2.24, 2.45) is 5.92 Å². The number of hydrogen-bond acceptors (Lipinski definition) is 4. The molecule has 1 heterocycles. The zero-order chi connectivity index (χ0) is 14.9. The van der Waals surface area contributed by atoms with E-state index in [1.54, 1.807) is 12.2 Å². The average molecular weight is 278 g/mol. The molecule has 1 aliphatic rings. The molecule has 1 amide bonds. The number of nitrogens with zero attached hydrogens (tertiary/aromatic N) is 2. The van der Waals surface area contributed by atoms with Crippen LogP contribution in [0.5, 0.6) is 0 Å². The van der Waals surface area contributed by atoms with Gasteiger partial charge in [-0.25, -0.2) is 4.98 Å². The predicted octanol–water partition coefficient (Wildman–Crippen LogP) is 0.861. The van der Waals surface area contributed by atoms with E-state index in [1.165, 1.54) is 0 Å². The first kappa shape index (κ1) is 14.2. The lowest BCUT2D eigenvalue weighted by Gasteiger charge is -2.13. The van der Waals surface area contributed by atoms with Crippen molar-refractivity contribution >= 4 is 11.9 Å². The second kappa shape index (κ2) is 5.07. The first-order chi connectivity index (χ1) is 9.27. The normalized spacial score (nSPS) is 21.9. The molecule has 3 N–H and O–H groups in total. The minimum Gasteiger partial charge on any atom is -0.481 e. The molecule has 20 heavy (non-hydrogen) atoms. The molecular formula is C13H18N4O3. The smallest absolute Gasteiger partial charge is 0.310 e. The highest BCUT2D eigenvalue weighted by Crippen LogP contribution is 2.19. The molecule has 0 fully saturated rings. The lowest BCUT2D eigenvalue weighted by molar-refractivity contribution is -0.140. The van der Waals surface area contributed by atoms with Crippen molar-refractivity contribution in [2.45, 2.75) is 38.6 Å². The maximum atomic E-state index is 12.0. The van der Waals surface area contributed by atoms with E-state index in [9.17, 15) is 9.59 Å². The Morgan fingerprint density at radius 2 is 2.10 bits per heavy atom. The summed E-state index contributed by atoms with van der Waals surface area (Å²) in [5, 5.41) is 18.2. The molecule has 108 valence electrons. The van der Waals surface area contributed by atoms with Gasteiger partial charge in [-0.05, 0) is 6.42 Å². The van der Waals surface area contributed by atoms with Crippen LogP contribution in [-0.4, -0.2) is 38.2 Å². The fourth-order valence-electron chi connectivity index (χ4n) is 1.92. The molecule has 2 atom stereocenters. The molecule has 1 aromatic heterocycles. The molecule has 0 saturated heterocycles. The van der Waals surface area contributed by atoms with Crippen molar-refractivity contribution in [3.63, 3.8) is 0 Å². The molecule has 1 aromatic rings. The Kier molecular flexibility index (Phi) is 3.61. The van der Waals surface area contributed by atoms with Crippen LogP contribution in [0.3, 0.4) is 0 Å². The van der Waals surface area contributed by atoms with Crippen LogP contribution in [-0.2, 0) is 10.2 Å². The number of amides is 1. The number of aliphatic carboxylic acids is 1. The third-order valence-corrected chi connectivity index (χ3v) is 3.12. The summed E-state index contributed by atoms with van der Waals surface area (Å²) < 4.78 is 0. The van der Waals surface area contributed by atoms with Crippen LogP contribution in [0.15, 0.2) is 12.2 Å². The van der Waals surface area contributed by atoms with E-state index in [0.717, 1.165) is 0 Å². The summed E-state index contributed by atoms with van der Waals surface area (Å²) in [4.78, 5) is 27.0. The van der Waals surface area contributed by atoms with Gasteiger partial charge in [-0.1, -0.05) is 32.9 Å². The molecule has 0 bridgehead atoms. The average Bonchev–Trinajstić information content (AvgIpc) is 2.95. The molecule has 0 aromatic carbocycles. The van der Waals surface area contributed by atoms with Crippen LogP contribution in [0, 0.1) is 5.92 Å². The Hall–Kier alpha value is -2.18. The third kappa shape index (κ3) is 3.04. The molecule has 7 heteroatoms. The van der Waals surface area contributed by atoms with Crippen molar-refractivity contribution in [1.29, 1.82) is 0 Å². The van der Waals surface area contributed by atoms with Crippen LogP contribution in [0.25, 0.3) is 0 Å². The Morgan fingerprint density at radius 3 is 2.60 bits per heavy atom. The van der Waals surface area contributed by atoms with Crippen molar-refractivity contribution < 1.29 is 14.7 Å². The lowest BCUT2D eigenvalue weighted by Crippen LogP contribution is -2.34. The standard InChI is InChI=1S/C13H18N4O3/c1-13(2,3)12-15-9(16-17-12)10(18)14-8-5-4-7(6-8)11(19)20/h4-5,7-8H,6H2,1-3H3,(H,14,18)(H,19,20)(H,15,16,17).